The molecule has 120 valence electrons. The number of aryl methyl sites for hydroxylation is 1. The number of carbonyl (C=O) groups is 1. The van der Waals surface area contributed by atoms with Crippen molar-refractivity contribution in [3.63, 3.8) is 0 Å². The highest BCUT2D eigenvalue weighted by atomic mass is 16.5. The van der Waals surface area contributed by atoms with Crippen molar-refractivity contribution in [1.82, 2.24) is 5.32 Å². The fourth-order valence-corrected chi connectivity index (χ4v) is 2.03. The van der Waals surface area contributed by atoms with E-state index in [0.29, 0.717) is 18.7 Å². The molecule has 0 spiro atoms. The summed E-state index contributed by atoms with van der Waals surface area (Å²) in [5.41, 5.74) is 2.83. The fraction of sp³-hybridized carbons (Fsp3) is 0.211. The highest BCUT2D eigenvalue weighted by molar-refractivity contribution is 5.67. The molecule has 1 amide bonds. The molecule has 0 atom stereocenters. The second kappa shape index (κ2) is 8.63. The molecule has 0 saturated carbocycles. The van der Waals surface area contributed by atoms with Gasteiger partial charge < -0.3 is 15.2 Å². The molecule has 23 heavy (non-hydrogen) atoms. The summed E-state index contributed by atoms with van der Waals surface area (Å²) in [6.45, 7) is 2.65. The van der Waals surface area contributed by atoms with E-state index >= 15 is 0 Å². The molecule has 0 unspecified atom stereocenters. The summed E-state index contributed by atoms with van der Waals surface area (Å²) in [7, 11) is 0. The quantitative estimate of drug-likeness (QED) is 0.792. The Kier molecular flexibility index (Phi) is 6.24. The second-order valence-electron chi connectivity index (χ2n) is 5.23. The highest BCUT2D eigenvalue weighted by Crippen LogP contribution is 2.17. The summed E-state index contributed by atoms with van der Waals surface area (Å²) in [6.07, 6.45) is 4.23. The lowest BCUT2D eigenvalue weighted by Crippen LogP contribution is -2.24. The zero-order valence-corrected chi connectivity index (χ0v) is 13.2. The van der Waals surface area contributed by atoms with Gasteiger partial charge in [0.05, 0.1) is 0 Å². The SMILES string of the molecule is Cc1cc(C=CCCNC(=O)OCc2ccccc2)ccc1O. The van der Waals surface area contributed by atoms with Crippen molar-refractivity contribution in [3.8, 4) is 5.75 Å². The average molecular weight is 311 g/mol. The fourth-order valence-electron chi connectivity index (χ4n) is 2.03. The predicted octanol–water partition coefficient (Wildman–Crippen LogP) is 4.03. The summed E-state index contributed by atoms with van der Waals surface area (Å²) in [5.74, 6) is 0.296. The van der Waals surface area contributed by atoms with E-state index < -0.39 is 6.09 Å². The molecule has 0 heterocycles. The van der Waals surface area contributed by atoms with Crippen LogP contribution < -0.4 is 5.32 Å². The first-order valence-electron chi connectivity index (χ1n) is 7.56. The standard InChI is InChI=1S/C19H21NO3/c1-15-13-16(10-11-18(15)21)7-5-6-12-20-19(22)23-14-17-8-3-2-4-9-17/h2-5,7-11,13,21H,6,12,14H2,1H3,(H,20,22). The average Bonchev–Trinajstić information content (AvgIpc) is 2.57. The molecule has 0 bridgehead atoms. The van der Waals surface area contributed by atoms with Gasteiger partial charge in [-0.25, -0.2) is 4.79 Å². The predicted molar refractivity (Wildman–Crippen MR) is 91.1 cm³/mol. The van der Waals surface area contributed by atoms with Crippen molar-refractivity contribution in [1.29, 1.82) is 0 Å². The van der Waals surface area contributed by atoms with Crippen LogP contribution in [-0.4, -0.2) is 17.7 Å². The lowest BCUT2D eigenvalue weighted by Gasteiger charge is -2.06. The second-order valence-corrected chi connectivity index (χ2v) is 5.23. The summed E-state index contributed by atoms with van der Waals surface area (Å²) in [4.78, 5) is 11.5. The van der Waals surface area contributed by atoms with Gasteiger partial charge >= 0.3 is 6.09 Å². The number of amides is 1. The Morgan fingerprint density at radius 3 is 2.74 bits per heavy atom. The number of ether oxygens (including phenoxy) is 1. The molecule has 0 aliphatic heterocycles. The van der Waals surface area contributed by atoms with Crippen molar-refractivity contribution in [2.75, 3.05) is 6.54 Å². The van der Waals surface area contributed by atoms with Crippen LogP contribution in [0.5, 0.6) is 5.75 Å². The third-order valence-corrected chi connectivity index (χ3v) is 3.32. The number of aromatic hydroxyl groups is 1. The van der Waals surface area contributed by atoms with E-state index in [9.17, 15) is 9.90 Å². The molecule has 4 heteroatoms. The third kappa shape index (κ3) is 5.87. The molecule has 2 aromatic carbocycles. The minimum Gasteiger partial charge on any atom is -0.508 e. The Hall–Kier alpha value is -2.75. The van der Waals surface area contributed by atoms with Crippen molar-refractivity contribution < 1.29 is 14.6 Å². The Labute approximate surface area is 136 Å². The van der Waals surface area contributed by atoms with E-state index in [0.717, 1.165) is 16.7 Å². The first-order valence-corrected chi connectivity index (χ1v) is 7.56. The van der Waals surface area contributed by atoms with E-state index in [2.05, 4.69) is 5.32 Å². The van der Waals surface area contributed by atoms with Crippen LogP contribution in [0.2, 0.25) is 0 Å². The number of alkyl carbamates (subject to hydrolysis) is 1. The lowest BCUT2D eigenvalue weighted by molar-refractivity contribution is 0.140. The van der Waals surface area contributed by atoms with E-state index in [4.69, 9.17) is 4.74 Å². The van der Waals surface area contributed by atoms with Gasteiger partial charge in [-0.2, -0.15) is 0 Å². The van der Waals surface area contributed by atoms with Gasteiger partial charge in [-0.05, 0) is 42.2 Å². The molecule has 2 rings (SSSR count). The Balaban J connectivity index is 1.65. The molecule has 2 N–H and O–H groups in total. The first-order chi connectivity index (χ1) is 11.1. The normalized spacial score (nSPS) is 10.7. The molecule has 4 nitrogen and oxygen atoms in total. The number of phenols is 1. The van der Waals surface area contributed by atoms with Crippen LogP contribution in [0.4, 0.5) is 4.79 Å². The number of carbonyl (C=O) groups excluding carboxylic acids is 1. The zero-order chi connectivity index (χ0) is 16.5. The van der Waals surface area contributed by atoms with E-state index in [1.54, 1.807) is 6.07 Å². The minimum atomic E-state index is -0.414. The van der Waals surface area contributed by atoms with E-state index in [1.165, 1.54) is 0 Å². The topological polar surface area (TPSA) is 58.6 Å². The Morgan fingerprint density at radius 1 is 1.22 bits per heavy atom. The molecular formula is C19H21NO3. The molecule has 0 aromatic heterocycles. The molecule has 2 aromatic rings. The van der Waals surface area contributed by atoms with Crippen LogP contribution in [0.25, 0.3) is 6.08 Å². The van der Waals surface area contributed by atoms with Gasteiger partial charge in [-0.1, -0.05) is 48.6 Å². The van der Waals surface area contributed by atoms with E-state index in [1.807, 2.05) is 61.5 Å². The molecular weight excluding hydrogens is 290 g/mol. The monoisotopic (exact) mass is 311 g/mol. The summed E-state index contributed by atoms with van der Waals surface area (Å²) < 4.78 is 5.12. The van der Waals surface area contributed by atoms with Crippen LogP contribution in [0.3, 0.4) is 0 Å². The smallest absolute Gasteiger partial charge is 0.407 e. The van der Waals surface area contributed by atoms with Crippen LogP contribution in [-0.2, 0) is 11.3 Å². The van der Waals surface area contributed by atoms with Gasteiger partial charge in [0.15, 0.2) is 0 Å². The van der Waals surface area contributed by atoms with Gasteiger partial charge in [0, 0.05) is 6.54 Å². The van der Waals surface area contributed by atoms with Crippen LogP contribution in [0, 0.1) is 6.92 Å². The molecule has 0 fully saturated rings. The van der Waals surface area contributed by atoms with Crippen molar-refractivity contribution in [2.24, 2.45) is 0 Å². The molecule has 0 radical (unpaired) electrons. The van der Waals surface area contributed by atoms with Gasteiger partial charge in [0.2, 0.25) is 0 Å². The van der Waals surface area contributed by atoms with Crippen molar-refractivity contribution >= 4 is 12.2 Å². The summed E-state index contributed by atoms with van der Waals surface area (Å²) in [6, 6.07) is 15.0. The number of phenolic OH excluding ortho intramolecular Hbond substituents is 1. The molecule has 0 aliphatic rings. The molecule has 0 aliphatic carbocycles. The summed E-state index contributed by atoms with van der Waals surface area (Å²) in [5, 5.41) is 12.2. The Morgan fingerprint density at radius 2 is 2.00 bits per heavy atom. The maximum Gasteiger partial charge on any atom is 0.407 e. The van der Waals surface area contributed by atoms with Crippen LogP contribution >= 0.6 is 0 Å². The van der Waals surface area contributed by atoms with Crippen LogP contribution in [0.15, 0.2) is 54.6 Å². The van der Waals surface area contributed by atoms with Crippen molar-refractivity contribution in [3.05, 3.63) is 71.3 Å². The van der Waals surface area contributed by atoms with Gasteiger partial charge in [0.1, 0.15) is 12.4 Å². The first kappa shape index (κ1) is 16.6. The maximum atomic E-state index is 11.5. The zero-order valence-electron chi connectivity index (χ0n) is 13.2. The number of rotatable bonds is 6. The Bertz CT molecular complexity index is 666. The number of benzene rings is 2. The number of hydrogen-bond acceptors (Lipinski definition) is 3. The van der Waals surface area contributed by atoms with Crippen LogP contribution in [0.1, 0.15) is 23.1 Å². The van der Waals surface area contributed by atoms with Gasteiger partial charge in [-0.15, -0.1) is 0 Å². The summed E-state index contributed by atoms with van der Waals surface area (Å²) >= 11 is 0. The van der Waals surface area contributed by atoms with Gasteiger partial charge in [-0.3, -0.25) is 0 Å². The lowest BCUT2D eigenvalue weighted by atomic mass is 10.1. The van der Waals surface area contributed by atoms with Gasteiger partial charge in [0.25, 0.3) is 0 Å². The largest absolute Gasteiger partial charge is 0.508 e. The van der Waals surface area contributed by atoms with E-state index in [-0.39, 0.29) is 6.61 Å². The highest BCUT2D eigenvalue weighted by Gasteiger charge is 2.00. The maximum absolute atomic E-state index is 11.5. The van der Waals surface area contributed by atoms with Crippen molar-refractivity contribution in [2.45, 2.75) is 20.0 Å². The number of nitrogens with one attached hydrogen (secondary N) is 1. The minimum absolute atomic E-state index is 0.273. The molecule has 0 saturated heterocycles. The third-order valence-electron chi connectivity index (χ3n) is 3.32. The number of hydrogen-bond donors (Lipinski definition) is 2.